The van der Waals surface area contributed by atoms with Crippen LogP contribution in [0.1, 0.15) is 0 Å². The topological polar surface area (TPSA) is 13.0 Å². The van der Waals surface area contributed by atoms with Gasteiger partial charge in [-0.05, 0) is 166 Å². The van der Waals surface area contributed by atoms with Crippen LogP contribution in [0.2, 0.25) is 0 Å². The van der Waals surface area contributed by atoms with Gasteiger partial charge < -0.3 is 19.6 Å². The summed E-state index contributed by atoms with van der Waals surface area (Å²) >= 11 is 0. The molecule has 70 heavy (non-hydrogen) atoms. The van der Waals surface area contributed by atoms with Gasteiger partial charge in [-0.25, -0.2) is 0 Å². The minimum Gasteiger partial charge on any atom is -0.311 e. The second-order valence-electron chi connectivity index (χ2n) is 17.3. The van der Waals surface area contributed by atoms with Gasteiger partial charge in [0, 0.05) is 68.3 Å². The van der Waals surface area contributed by atoms with Crippen LogP contribution in [0, 0.1) is 0 Å². The summed E-state index contributed by atoms with van der Waals surface area (Å²) in [5.74, 6) is 0. The van der Waals surface area contributed by atoms with Crippen LogP contribution in [-0.2, 0) is 0 Å². The molecule has 0 aromatic heterocycles. The number of para-hydroxylation sites is 3. The third-order valence-corrected chi connectivity index (χ3v) is 12.8. The molecular formula is C66H50N4. The number of allylic oxidation sites excluding steroid dienone is 2. The van der Waals surface area contributed by atoms with Crippen molar-refractivity contribution in [2.75, 3.05) is 19.6 Å². The summed E-state index contributed by atoms with van der Waals surface area (Å²) < 4.78 is 0. The summed E-state index contributed by atoms with van der Waals surface area (Å²) in [4.78, 5) is 9.03. The van der Waals surface area contributed by atoms with Gasteiger partial charge >= 0.3 is 0 Å². The number of benzene rings is 11. The summed E-state index contributed by atoms with van der Waals surface area (Å²) in [5, 5.41) is 7.15. The van der Waals surface area contributed by atoms with E-state index in [1.165, 1.54) is 26.9 Å². The van der Waals surface area contributed by atoms with Gasteiger partial charge in [-0.2, -0.15) is 0 Å². The largest absolute Gasteiger partial charge is 0.311 e. The van der Waals surface area contributed by atoms with Crippen LogP contribution in [0.25, 0.3) is 32.3 Å². The molecule has 11 aromatic carbocycles. The molecule has 0 aliphatic carbocycles. The first kappa shape index (κ1) is 43.2. The average Bonchev–Trinajstić information content (AvgIpc) is 3.42. The average molecular weight is 899 g/mol. The number of hydrogen-bond donors (Lipinski definition) is 0. The van der Waals surface area contributed by atoms with Crippen molar-refractivity contribution in [3.8, 4) is 0 Å². The standard InChI is InChI=1S/C66H50N4/c1-49(30-31-50(2)68(57-24-6-3-7-25-57)64-35-32-51-18-12-15-21-54(51)46-64)67(60-38-42-62(43-39-60)69(58-26-8-4-9-27-58)65-36-33-52-19-13-16-22-55(52)47-65)61-40-44-63(45-41-61)70(59-28-10-5-11-29-59)66-37-34-53-20-14-17-23-56(53)48-66/h3-48H,1-2H2/b31-30-. The van der Waals surface area contributed by atoms with Gasteiger partial charge in [-0.3, -0.25) is 0 Å². The molecule has 4 heteroatoms. The molecule has 0 heterocycles. The molecule has 0 amide bonds. The van der Waals surface area contributed by atoms with Crippen LogP contribution in [0.3, 0.4) is 0 Å². The molecule has 11 rings (SSSR count). The third-order valence-electron chi connectivity index (χ3n) is 12.8. The second-order valence-corrected chi connectivity index (χ2v) is 17.3. The Bertz CT molecular complexity index is 3470. The lowest BCUT2D eigenvalue weighted by Crippen LogP contribution is -2.17. The molecule has 0 N–H and O–H groups in total. The lowest BCUT2D eigenvalue weighted by Gasteiger charge is -2.30. The Morgan fingerprint density at radius 3 is 0.857 bits per heavy atom. The van der Waals surface area contributed by atoms with E-state index in [2.05, 4.69) is 299 Å². The Hall–Kier alpha value is -9.38. The van der Waals surface area contributed by atoms with Crippen molar-refractivity contribution in [3.63, 3.8) is 0 Å². The molecule has 0 fully saturated rings. The fourth-order valence-corrected chi connectivity index (χ4v) is 9.38. The van der Waals surface area contributed by atoms with Gasteiger partial charge in [-0.1, -0.05) is 159 Å². The SMILES string of the molecule is C=C(/C=C\C(=C)N(c1ccccc1)c1ccc2ccccc2c1)N(c1ccc(N(c2ccccc2)c2ccc3ccccc3c2)cc1)c1ccc(N(c2ccccc2)c2ccc3ccccc3c2)cc1. The fraction of sp³-hybridized carbons (Fsp3) is 0. The highest BCUT2D eigenvalue weighted by Gasteiger charge is 2.19. The maximum absolute atomic E-state index is 4.75. The zero-order chi connectivity index (χ0) is 47.2. The van der Waals surface area contributed by atoms with Crippen molar-refractivity contribution in [2.45, 2.75) is 0 Å². The normalized spacial score (nSPS) is 11.2. The smallest absolute Gasteiger partial charge is 0.0468 e. The van der Waals surface area contributed by atoms with E-state index >= 15 is 0 Å². The van der Waals surface area contributed by atoms with Crippen LogP contribution >= 0.6 is 0 Å². The lowest BCUT2D eigenvalue weighted by atomic mass is 10.1. The Morgan fingerprint density at radius 2 is 0.471 bits per heavy atom. The third kappa shape index (κ3) is 8.93. The molecule has 0 aliphatic rings. The quantitative estimate of drug-likeness (QED) is 0.101. The van der Waals surface area contributed by atoms with Crippen LogP contribution in [-0.4, -0.2) is 0 Å². The molecule has 334 valence electrons. The maximum atomic E-state index is 4.75. The van der Waals surface area contributed by atoms with E-state index in [4.69, 9.17) is 6.58 Å². The highest BCUT2D eigenvalue weighted by molar-refractivity contribution is 5.92. The molecular weight excluding hydrogens is 849 g/mol. The van der Waals surface area contributed by atoms with Gasteiger partial charge in [0.15, 0.2) is 0 Å². The van der Waals surface area contributed by atoms with Crippen LogP contribution in [0.4, 0.5) is 56.9 Å². The predicted molar refractivity (Wildman–Crippen MR) is 299 cm³/mol. The first-order valence-electron chi connectivity index (χ1n) is 23.6. The number of rotatable bonds is 14. The van der Waals surface area contributed by atoms with Gasteiger partial charge in [0.2, 0.25) is 0 Å². The Labute approximate surface area is 410 Å². The van der Waals surface area contributed by atoms with Crippen molar-refractivity contribution in [3.05, 3.63) is 304 Å². The van der Waals surface area contributed by atoms with E-state index in [0.717, 1.165) is 73.7 Å². The van der Waals surface area contributed by atoms with E-state index in [9.17, 15) is 0 Å². The van der Waals surface area contributed by atoms with Crippen LogP contribution in [0.15, 0.2) is 304 Å². The molecule has 0 unspecified atom stereocenters. The number of fused-ring (bicyclic) bond motifs is 3. The van der Waals surface area contributed by atoms with Crippen molar-refractivity contribution in [1.82, 2.24) is 0 Å². The number of anilines is 10. The minimum atomic E-state index is 0.775. The zero-order valence-electron chi connectivity index (χ0n) is 38.8. The van der Waals surface area contributed by atoms with Crippen LogP contribution in [0.5, 0.6) is 0 Å². The van der Waals surface area contributed by atoms with E-state index in [1.807, 2.05) is 6.07 Å². The van der Waals surface area contributed by atoms with E-state index in [-0.39, 0.29) is 0 Å². The summed E-state index contributed by atoms with van der Waals surface area (Å²) in [6.07, 6.45) is 4.13. The molecule has 0 saturated carbocycles. The lowest BCUT2D eigenvalue weighted by molar-refractivity contribution is 1.19. The van der Waals surface area contributed by atoms with Crippen molar-refractivity contribution >= 4 is 89.2 Å². The molecule has 0 bridgehead atoms. The summed E-state index contributed by atoms with van der Waals surface area (Å²) in [6, 6.07) is 94.3. The van der Waals surface area contributed by atoms with Gasteiger partial charge in [0.05, 0.1) is 0 Å². The van der Waals surface area contributed by atoms with E-state index < -0.39 is 0 Å². The molecule has 0 atom stereocenters. The van der Waals surface area contributed by atoms with Crippen molar-refractivity contribution in [1.29, 1.82) is 0 Å². The summed E-state index contributed by atoms with van der Waals surface area (Å²) in [5.41, 5.74) is 11.9. The monoisotopic (exact) mass is 898 g/mol. The number of nitrogens with zero attached hydrogens (tertiary/aromatic N) is 4. The molecule has 0 aliphatic heterocycles. The van der Waals surface area contributed by atoms with E-state index in [1.54, 1.807) is 0 Å². The summed E-state index contributed by atoms with van der Waals surface area (Å²) in [7, 11) is 0. The van der Waals surface area contributed by atoms with Crippen LogP contribution < -0.4 is 19.6 Å². The number of hydrogen-bond acceptors (Lipinski definition) is 4. The second kappa shape index (κ2) is 19.5. The highest BCUT2D eigenvalue weighted by Crippen LogP contribution is 2.41. The Kier molecular flexibility index (Phi) is 12.0. The molecule has 0 radical (unpaired) electrons. The first-order valence-corrected chi connectivity index (χ1v) is 23.6. The molecule has 0 saturated heterocycles. The van der Waals surface area contributed by atoms with Gasteiger partial charge in [-0.15, -0.1) is 0 Å². The van der Waals surface area contributed by atoms with Gasteiger partial charge in [0.25, 0.3) is 0 Å². The van der Waals surface area contributed by atoms with Crippen molar-refractivity contribution in [2.24, 2.45) is 0 Å². The maximum Gasteiger partial charge on any atom is 0.0468 e. The van der Waals surface area contributed by atoms with E-state index in [0.29, 0.717) is 0 Å². The fourth-order valence-electron chi connectivity index (χ4n) is 9.38. The zero-order valence-corrected chi connectivity index (χ0v) is 38.8. The summed E-state index contributed by atoms with van der Waals surface area (Å²) in [6.45, 7) is 9.40. The molecule has 11 aromatic rings. The minimum absolute atomic E-state index is 0.775. The van der Waals surface area contributed by atoms with Gasteiger partial charge in [0.1, 0.15) is 0 Å². The molecule has 0 spiro atoms. The molecule has 4 nitrogen and oxygen atoms in total. The highest BCUT2D eigenvalue weighted by atomic mass is 15.2. The first-order chi connectivity index (χ1) is 34.5. The Balaban J connectivity index is 0.983. The Morgan fingerprint density at radius 1 is 0.229 bits per heavy atom. The van der Waals surface area contributed by atoms with Crippen molar-refractivity contribution < 1.29 is 0 Å². The predicted octanol–water partition coefficient (Wildman–Crippen LogP) is 18.6.